The van der Waals surface area contributed by atoms with Gasteiger partial charge >= 0.3 is 0 Å². The van der Waals surface area contributed by atoms with E-state index in [1.54, 1.807) is 13.2 Å². The minimum atomic E-state index is -0.517. The molecule has 0 fully saturated rings. The van der Waals surface area contributed by atoms with Crippen molar-refractivity contribution >= 4 is 33.7 Å². The molecule has 2 aromatic rings. The van der Waals surface area contributed by atoms with Crippen molar-refractivity contribution in [3.63, 3.8) is 0 Å². The molecule has 0 aliphatic carbocycles. The van der Waals surface area contributed by atoms with Crippen molar-refractivity contribution in [1.82, 2.24) is 20.5 Å². The number of carbonyl (C=O) groups is 1. The lowest BCUT2D eigenvalue weighted by Crippen LogP contribution is -2.40. The lowest BCUT2D eigenvalue weighted by Gasteiger charge is -2.22. The second-order valence-electron chi connectivity index (χ2n) is 4.08. The fraction of sp³-hybridized carbons (Fsp3) is 0.400. The van der Waals surface area contributed by atoms with Gasteiger partial charge < -0.3 is 10.6 Å². The Balaban J connectivity index is 2.11. The van der Waals surface area contributed by atoms with Crippen LogP contribution in [-0.4, -0.2) is 28.1 Å². The number of rotatable bonds is 4. The van der Waals surface area contributed by atoms with E-state index < -0.39 is 5.54 Å². The summed E-state index contributed by atoms with van der Waals surface area (Å²) in [4.78, 5) is 16.2. The Kier molecular flexibility index (Phi) is 3.58. The topological polar surface area (TPSA) is 79.8 Å². The zero-order valence-corrected chi connectivity index (χ0v) is 11.9. The van der Waals surface area contributed by atoms with E-state index in [4.69, 9.17) is 0 Å². The van der Waals surface area contributed by atoms with Crippen LogP contribution in [0.15, 0.2) is 11.6 Å². The van der Waals surface area contributed by atoms with Crippen LogP contribution in [0.25, 0.3) is 0 Å². The van der Waals surface area contributed by atoms with E-state index in [0.29, 0.717) is 10.1 Å². The molecule has 0 aromatic carbocycles. The van der Waals surface area contributed by atoms with E-state index in [1.807, 2.05) is 19.2 Å². The van der Waals surface area contributed by atoms with Gasteiger partial charge in [0.2, 0.25) is 10.1 Å². The van der Waals surface area contributed by atoms with Gasteiger partial charge in [0.15, 0.2) is 0 Å². The van der Waals surface area contributed by atoms with Crippen LogP contribution in [0.3, 0.4) is 0 Å². The van der Waals surface area contributed by atoms with Crippen molar-refractivity contribution < 1.29 is 4.79 Å². The normalized spacial score (nSPS) is 11.3. The van der Waals surface area contributed by atoms with Crippen molar-refractivity contribution in [2.45, 2.75) is 19.4 Å². The summed E-state index contributed by atoms with van der Waals surface area (Å²) in [5.74, 6) is -0.241. The van der Waals surface area contributed by atoms with Crippen molar-refractivity contribution in [3.8, 4) is 0 Å². The first-order valence-electron chi connectivity index (χ1n) is 5.26. The van der Waals surface area contributed by atoms with Gasteiger partial charge in [-0.2, -0.15) is 0 Å². The summed E-state index contributed by atoms with van der Waals surface area (Å²) in [6.45, 7) is 3.81. The highest BCUT2D eigenvalue weighted by atomic mass is 32.1. The van der Waals surface area contributed by atoms with Gasteiger partial charge in [0.05, 0.1) is 5.54 Å². The van der Waals surface area contributed by atoms with E-state index in [9.17, 15) is 4.79 Å². The molecule has 0 saturated heterocycles. The molecule has 0 radical (unpaired) electrons. The molecule has 0 atom stereocenters. The first-order valence-corrected chi connectivity index (χ1v) is 6.96. The largest absolute Gasteiger partial charge is 0.363 e. The molecule has 18 heavy (non-hydrogen) atoms. The Hall–Kier alpha value is -1.54. The van der Waals surface area contributed by atoms with Crippen LogP contribution in [0.2, 0.25) is 0 Å². The van der Waals surface area contributed by atoms with Gasteiger partial charge in [0, 0.05) is 18.6 Å². The van der Waals surface area contributed by atoms with E-state index in [0.717, 1.165) is 5.01 Å². The highest BCUT2D eigenvalue weighted by Crippen LogP contribution is 2.23. The number of nitrogens with one attached hydrogen (secondary N) is 2. The standard InChI is InChI=1S/C10H13N5OS2/c1-10(2,8-12-4-5-17-8)13-6(16)7-14-15-9(11-3)18-7/h4-5H,1-3H3,(H,11,15)(H,13,16). The molecule has 0 saturated carbocycles. The molecule has 96 valence electrons. The van der Waals surface area contributed by atoms with Gasteiger partial charge in [-0.05, 0) is 13.8 Å². The Morgan fingerprint density at radius 1 is 1.39 bits per heavy atom. The second-order valence-corrected chi connectivity index (χ2v) is 5.95. The molecule has 2 heterocycles. The van der Waals surface area contributed by atoms with Crippen molar-refractivity contribution in [3.05, 3.63) is 21.6 Å². The first kappa shape index (κ1) is 12.9. The molecule has 0 bridgehead atoms. The molecule has 8 heteroatoms. The Labute approximate surface area is 112 Å². The monoisotopic (exact) mass is 283 g/mol. The number of anilines is 1. The van der Waals surface area contributed by atoms with Crippen LogP contribution < -0.4 is 10.6 Å². The van der Waals surface area contributed by atoms with Crippen LogP contribution in [0.5, 0.6) is 0 Å². The van der Waals surface area contributed by atoms with Crippen LogP contribution in [0.4, 0.5) is 5.13 Å². The predicted molar refractivity (Wildman–Crippen MR) is 72.1 cm³/mol. The molecule has 0 aliphatic heterocycles. The fourth-order valence-electron chi connectivity index (χ4n) is 1.34. The summed E-state index contributed by atoms with van der Waals surface area (Å²) in [6, 6.07) is 0. The third kappa shape index (κ3) is 2.65. The van der Waals surface area contributed by atoms with Crippen molar-refractivity contribution in [1.29, 1.82) is 0 Å². The zero-order chi connectivity index (χ0) is 13.2. The third-order valence-corrected chi connectivity index (χ3v) is 4.26. The molecular weight excluding hydrogens is 270 g/mol. The molecule has 2 N–H and O–H groups in total. The van der Waals surface area contributed by atoms with E-state index in [1.165, 1.54) is 22.7 Å². The third-order valence-electron chi connectivity index (χ3n) is 2.23. The number of nitrogens with zero attached hydrogens (tertiary/aromatic N) is 3. The molecule has 2 aromatic heterocycles. The number of carbonyl (C=O) groups excluding carboxylic acids is 1. The molecule has 6 nitrogen and oxygen atoms in total. The summed E-state index contributed by atoms with van der Waals surface area (Å²) in [6.07, 6.45) is 1.72. The highest BCUT2D eigenvalue weighted by Gasteiger charge is 2.27. The minimum Gasteiger partial charge on any atom is -0.363 e. The van der Waals surface area contributed by atoms with Gasteiger partial charge in [-0.15, -0.1) is 21.5 Å². The van der Waals surface area contributed by atoms with Crippen molar-refractivity contribution in [2.75, 3.05) is 12.4 Å². The number of hydrogen-bond donors (Lipinski definition) is 2. The number of thiazole rings is 1. The predicted octanol–water partition coefficient (Wildman–Crippen LogP) is 1.70. The van der Waals surface area contributed by atoms with Crippen LogP contribution in [-0.2, 0) is 5.54 Å². The van der Waals surface area contributed by atoms with Gasteiger partial charge in [0.25, 0.3) is 5.91 Å². The van der Waals surface area contributed by atoms with Crippen LogP contribution in [0, 0.1) is 0 Å². The smallest absolute Gasteiger partial charge is 0.283 e. The Bertz CT molecular complexity index is 534. The maximum absolute atomic E-state index is 12.0. The van der Waals surface area contributed by atoms with Gasteiger partial charge in [-0.25, -0.2) is 4.98 Å². The Morgan fingerprint density at radius 3 is 2.72 bits per heavy atom. The minimum absolute atomic E-state index is 0.241. The van der Waals surface area contributed by atoms with Gasteiger partial charge in [-0.3, -0.25) is 4.79 Å². The number of hydrogen-bond acceptors (Lipinski definition) is 7. The molecule has 0 aliphatic rings. The summed E-state index contributed by atoms with van der Waals surface area (Å²) in [5, 5.41) is 17.1. The highest BCUT2D eigenvalue weighted by molar-refractivity contribution is 7.17. The molecular formula is C10H13N5OS2. The van der Waals surface area contributed by atoms with Gasteiger partial charge in [-0.1, -0.05) is 11.3 Å². The summed E-state index contributed by atoms with van der Waals surface area (Å²) < 4.78 is 0. The van der Waals surface area contributed by atoms with Crippen molar-refractivity contribution in [2.24, 2.45) is 0 Å². The molecule has 0 unspecified atom stereocenters. The average molecular weight is 283 g/mol. The molecule has 2 rings (SSSR count). The van der Waals surface area contributed by atoms with E-state index in [2.05, 4.69) is 25.8 Å². The maximum atomic E-state index is 12.0. The van der Waals surface area contributed by atoms with E-state index >= 15 is 0 Å². The van der Waals surface area contributed by atoms with E-state index in [-0.39, 0.29) is 5.91 Å². The summed E-state index contributed by atoms with van der Waals surface area (Å²) in [7, 11) is 1.74. The molecule has 0 spiro atoms. The zero-order valence-electron chi connectivity index (χ0n) is 10.2. The Morgan fingerprint density at radius 2 is 2.17 bits per heavy atom. The lowest BCUT2D eigenvalue weighted by molar-refractivity contribution is 0.0911. The van der Waals surface area contributed by atoms with Crippen LogP contribution >= 0.6 is 22.7 Å². The van der Waals surface area contributed by atoms with Crippen LogP contribution in [0.1, 0.15) is 28.7 Å². The number of aromatic nitrogens is 3. The molecule has 1 amide bonds. The number of amides is 1. The summed E-state index contributed by atoms with van der Waals surface area (Å²) >= 11 is 2.72. The fourth-order valence-corrected chi connectivity index (χ4v) is 2.65. The average Bonchev–Trinajstić information content (AvgIpc) is 3.00. The SMILES string of the molecule is CNc1nnc(C(=O)NC(C)(C)c2nccs2)s1. The lowest BCUT2D eigenvalue weighted by atomic mass is 10.1. The second kappa shape index (κ2) is 4.99. The summed E-state index contributed by atoms with van der Waals surface area (Å²) in [5.41, 5.74) is -0.517. The quantitative estimate of drug-likeness (QED) is 0.892. The maximum Gasteiger partial charge on any atom is 0.283 e. The van der Waals surface area contributed by atoms with Gasteiger partial charge in [0.1, 0.15) is 5.01 Å². The first-order chi connectivity index (χ1) is 8.53.